The Hall–Kier alpha value is -1.43. The summed E-state index contributed by atoms with van der Waals surface area (Å²) in [6.07, 6.45) is 0. The van der Waals surface area contributed by atoms with Gasteiger partial charge in [0.25, 0.3) is 0 Å². The number of ether oxygens (including phenoxy) is 1. The first-order chi connectivity index (χ1) is 14.2. The molecule has 0 aliphatic carbocycles. The van der Waals surface area contributed by atoms with Crippen LogP contribution in [0, 0.1) is 0 Å². The number of hydrogen-bond acceptors (Lipinski definition) is 4. The second-order valence-corrected chi connectivity index (χ2v) is 6.74. The van der Waals surface area contributed by atoms with E-state index in [4.69, 9.17) is 21.8 Å². The molecule has 0 amide bonds. The summed E-state index contributed by atoms with van der Waals surface area (Å²) >= 11 is 6.08. The third kappa shape index (κ3) is 5.29. The van der Waals surface area contributed by atoms with E-state index in [0.29, 0.717) is 11.6 Å². The van der Waals surface area contributed by atoms with Crippen LogP contribution in [0.4, 0.5) is 0 Å². The zero-order valence-electron chi connectivity index (χ0n) is 18.6. The molecule has 4 nitrogen and oxygen atoms in total. The molecule has 140 valence electrons. The Balaban J connectivity index is 1.60. The Bertz CT molecular complexity index is 795. The molecular formula is C21H27ClN2O2. The van der Waals surface area contributed by atoms with E-state index >= 15 is 0 Å². The quantitative estimate of drug-likeness (QED) is 0.765. The first kappa shape index (κ1) is 14.6. The van der Waals surface area contributed by atoms with Crippen molar-refractivity contribution in [3.8, 4) is 0 Å². The molecular weight excluding hydrogens is 348 g/mol. The highest BCUT2D eigenvalue weighted by atomic mass is 35.5. The molecule has 3 rings (SSSR count). The van der Waals surface area contributed by atoms with Gasteiger partial charge in [0.1, 0.15) is 0 Å². The van der Waals surface area contributed by atoms with E-state index in [2.05, 4.69) is 34.1 Å². The molecule has 1 N–H and O–H groups in total. The van der Waals surface area contributed by atoms with E-state index in [1.165, 1.54) is 11.1 Å². The summed E-state index contributed by atoms with van der Waals surface area (Å²) in [7, 11) is 0. The van der Waals surface area contributed by atoms with E-state index in [9.17, 15) is 5.11 Å². The van der Waals surface area contributed by atoms with Gasteiger partial charge in [0.05, 0.1) is 31.2 Å². The Labute approximate surface area is 166 Å². The number of nitrogens with zero attached hydrogens (tertiary/aromatic N) is 2. The van der Waals surface area contributed by atoms with Crippen LogP contribution in [0.25, 0.3) is 0 Å². The fraction of sp³-hybridized carbons (Fsp3) is 0.429. The second kappa shape index (κ2) is 10.0. The van der Waals surface area contributed by atoms with Crippen LogP contribution in [0.2, 0.25) is 5.02 Å². The average Bonchev–Trinajstić information content (AvgIpc) is 2.71. The number of piperazine rings is 1. The minimum absolute atomic E-state index is 0.00632. The molecule has 1 atom stereocenters. The molecule has 0 bridgehead atoms. The van der Waals surface area contributed by atoms with Crippen LogP contribution in [0.1, 0.15) is 22.7 Å². The van der Waals surface area contributed by atoms with Gasteiger partial charge < -0.3 is 9.84 Å². The third-order valence-corrected chi connectivity index (χ3v) is 4.95. The topological polar surface area (TPSA) is 35.9 Å². The molecule has 1 fully saturated rings. The summed E-state index contributed by atoms with van der Waals surface area (Å²) in [6, 6.07) is 18.4. The Morgan fingerprint density at radius 3 is 2.31 bits per heavy atom. The minimum Gasteiger partial charge on any atom is -0.394 e. The number of halogens is 1. The van der Waals surface area contributed by atoms with Gasteiger partial charge in [0, 0.05) is 37.7 Å². The highest BCUT2D eigenvalue weighted by Crippen LogP contribution is 2.30. The zero-order valence-corrected chi connectivity index (χ0v) is 15.4. The van der Waals surface area contributed by atoms with Crippen LogP contribution in [-0.2, 0) is 4.74 Å². The maximum Gasteiger partial charge on any atom is 0.0698 e. The summed E-state index contributed by atoms with van der Waals surface area (Å²) in [4.78, 5) is 4.57. The molecule has 1 aliphatic rings. The van der Waals surface area contributed by atoms with Gasteiger partial charge in [-0.2, -0.15) is 0 Å². The second-order valence-electron chi connectivity index (χ2n) is 6.30. The van der Waals surface area contributed by atoms with Gasteiger partial charge in [-0.1, -0.05) is 54.1 Å². The zero-order chi connectivity index (χ0) is 21.8. The van der Waals surface area contributed by atoms with E-state index in [0.717, 1.165) is 26.2 Å². The SMILES string of the molecule is [2H]C([2H])(O)C([2H])([2H])OCCN1CCN(C(c2ccccc2)c2ccc(Cl)cc2)CC1. The van der Waals surface area contributed by atoms with Crippen molar-refractivity contribution in [3.63, 3.8) is 0 Å². The monoisotopic (exact) mass is 378 g/mol. The predicted molar refractivity (Wildman–Crippen MR) is 106 cm³/mol. The standard InChI is InChI=1S/C21H27ClN2O2/c22-20-8-6-19(7-9-20)21(18-4-2-1-3-5-18)24-12-10-23(11-13-24)14-16-26-17-15-25/h1-9,21,25H,10-17H2/i15D2,17D2. The summed E-state index contributed by atoms with van der Waals surface area (Å²) in [5.74, 6) is 0. The van der Waals surface area contributed by atoms with Gasteiger partial charge in [-0.05, 0) is 23.3 Å². The lowest BCUT2D eigenvalue weighted by Gasteiger charge is -2.39. The van der Waals surface area contributed by atoms with E-state index in [1.807, 2.05) is 30.3 Å². The first-order valence-electron chi connectivity index (χ1n) is 10.8. The maximum atomic E-state index is 9.22. The average molecular weight is 379 g/mol. The van der Waals surface area contributed by atoms with Crippen LogP contribution in [-0.4, -0.2) is 67.4 Å². The number of benzene rings is 2. The van der Waals surface area contributed by atoms with Crippen molar-refractivity contribution in [1.82, 2.24) is 9.80 Å². The molecule has 1 unspecified atom stereocenters. The molecule has 1 heterocycles. The predicted octanol–water partition coefficient (Wildman–Crippen LogP) is 3.06. The Morgan fingerprint density at radius 2 is 1.65 bits per heavy atom. The number of aliphatic hydroxyl groups is 1. The summed E-state index contributed by atoms with van der Waals surface area (Å²) in [6.45, 7) is -2.06. The molecule has 0 saturated carbocycles. The minimum atomic E-state index is -3.03. The number of hydrogen-bond donors (Lipinski definition) is 1. The largest absolute Gasteiger partial charge is 0.394 e. The normalized spacial score (nSPS) is 20.7. The molecule has 0 spiro atoms. The van der Waals surface area contributed by atoms with Crippen LogP contribution < -0.4 is 0 Å². The molecule has 0 radical (unpaired) electrons. The van der Waals surface area contributed by atoms with Gasteiger partial charge in [-0.25, -0.2) is 0 Å². The van der Waals surface area contributed by atoms with Gasteiger partial charge >= 0.3 is 0 Å². The van der Waals surface area contributed by atoms with Crippen molar-refractivity contribution in [2.45, 2.75) is 6.04 Å². The van der Waals surface area contributed by atoms with Crippen molar-refractivity contribution < 1.29 is 15.3 Å². The van der Waals surface area contributed by atoms with Crippen LogP contribution in [0.5, 0.6) is 0 Å². The van der Waals surface area contributed by atoms with Crippen LogP contribution >= 0.6 is 11.6 Å². The van der Waals surface area contributed by atoms with Crippen molar-refractivity contribution >= 4 is 11.6 Å². The van der Waals surface area contributed by atoms with Crippen molar-refractivity contribution in [3.05, 3.63) is 70.7 Å². The first-order valence-corrected chi connectivity index (χ1v) is 9.18. The lowest BCUT2D eigenvalue weighted by atomic mass is 9.96. The van der Waals surface area contributed by atoms with Crippen LogP contribution in [0.3, 0.4) is 0 Å². The summed E-state index contributed by atoms with van der Waals surface area (Å²) < 4.78 is 34.1. The molecule has 1 aliphatic heterocycles. The fourth-order valence-electron chi connectivity index (χ4n) is 3.40. The molecule has 1 saturated heterocycles. The summed E-state index contributed by atoms with van der Waals surface area (Å²) in [5, 5.41) is 9.93. The third-order valence-electron chi connectivity index (χ3n) is 4.70. The lowest BCUT2D eigenvalue weighted by molar-refractivity contribution is 0.0522. The number of rotatable bonds is 8. The highest BCUT2D eigenvalue weighted by molar-refractivity contribution is 6.30. The van der Waals surface area contributed by atoms with Crippen LogP contribution in [0.15, 0.2) is 54.6 Å². The lowest BCUT2D eigenvalue weighted by Crippen LogP contribution is -2.48. The maximum absolute atomic E-state index is 9.22. The van der Waals surface area contributed by atoms with E-state index in [-0.39, 0.29) is 12.6 Å². The summed E-state index contributed by atoms with van der Waals surface area (Å²) in [5.41, 5.74) is 2.40. The Morgan fingerprint density at radius 1 is 1.00 bits per heavy atom. The molecule has 0 aromatic heterocycles. The van der Waals surface area contributed by atoms with Crippen molar-refractivity contribution in [2.24, 2.45) is 0 Å². The van der Waals surface area contributed by atoms with Gasteiger partial charge in [0.2, 0.25) is 0 Å². The smallest absolute Gasteiger partial charge is 0.0698 e. The van der Waals surface area contributed by atoms with Gasteiger partial charge in [-0.3, -0.25) is 9.80 Å². The van der Waals surface area contributed by atoms with Crippen molar-refractivity contribution in [1.29, 1.82) is 0 Å². The van der Waals surface area contributed by atoms with Gasteiger partial charge in [-0.15, -0.1) is 0 Å². The Kier molecular flexibility index (Phi) is 5.64. The molecule has 2 aromatic rings. The highest BCUT2D eigenvalue weighted by Gasteiger charge is 2.26. The molecule has 5 heteroatoms. The van der Waals surface area contributed by atoms with E-state index in [1.54, 1.807) is 0 Å². The molecule has 26 heavy (non-hydrogen) atoms. The fourth-order valence-corrected chi connectivity index (χ4v) is 3.52. The van der Waals surface area contributed by atoms with E-state index < -0.39 is 13.1 Å². The van der Waals surface area contributed by atoms with Crippen molar-refractivity contribution in [2.75, 3.05) is 52.4 Å². The molecule has 2 aromatic carbocycles. The van der Waals surface area contributed by atoms with Gasteiger partial charge in [0.15, 0.2) is 0 Å².